The quantitative estimate of drug-likeness (QED) is 0.729. The van der Waals surface area contributed by atoms with Gasteiger partial charge in [0, 0.05) is 10.1 Å². The molecule has 0 spiro atoms. The topological polar surface area (TPSA) is 37.4 Å². The molecule has 16 heavy (non-hydrogen) atoms. The number of rotatable bonds is 1. The fourth-order valence-corrected chi connectivity index (χ4v) is 3.54. The first-order valence-corrected chi connectivity index (χ1v) is 8.09. The van der Waals surface area contributed by atoms with Crippen LogP contribution in [0.3, 0.4) is 0 Å². The molecular weight excluding hydrogens is 337 g/mol. The Morgan fingerprint density at radius 3 is 2.69 bits per heavy atom. The lowest BCUT2D eigenvalue weighted by molar-refractivity contribution is 0.592. The molecule has 0 saturated carbocycles. The highest BCUT2D eigenvalue weighted by Gasteiger charge is 2.24. The van der Waals surface area contributed by atoms with Crippen molar-refractivity contribution < 1.29 is 8.42 Å². The summed E-state index contributed by atoms with van der Waals surface area (Å²) in [6.07, 6.45) is 3.15. The Hall–Kier alpha value is -0.300. The van der Waals surface area contributed by atoms with Gasteiger partial charge in [-0.2, -0.15) is 0 Å². The highest BCUT2D eigenvalue weighted by molar-refractivity contribution is 14.1. The number of nitrogens with zero attached hydrogens (tertiary/aromatic N) is 1. The Balaban J connectivity index is 2.59. The Kier molecular flexibility index (Phi) is 3.18. The van der Waals surface area contributed by atoms with Crippen molar-refractivity contribution in [2.24, 2.45) is 0 Å². The molecule has 0 unspecified atom stereocenters. The van der Waals surface area contributed by atoms with Crippen LogP contribution in [0, 0.1) is 10.5 Å². The number of sulfonamides is 1. The number of aryl methyl sites for hydroxylation is 2. The minimum atomic E-state index is -3.14. The van der Waals surface area contributed by atoms with Crippen LogP contribution in [0.5, 0.6) is 0 Å². The molecule has 88 valence electrons. The Labute approximate surface area is 110 Å². The summed E-state index contributed by atoms with van der Waals surface area (Å²) in [5.74, 6) is 0. The third-order valence-electron chi connectivity index (χ3n) is 2.84. The summed E-state index contributed by atoms with van der Waals surface area (Å²) in [5, 5.41) is 0. The largest absolute Gasteiger partial charge is 0.270 e. The van der Waals surface area contributed by atoms with E-state index < -0.39 is 10.0 Å². The first-order valence-electron chi connectivity index (χ1n) is 5.16. The number of benzene rings is 1. The molecule has 0 radical (unpaired) electrons. The van der Waals surface area contributed by atoms with Gasteiger partial charge in [-0.3, -0.25) is 4.31 Å². The predicted octanol–water partition coefficient (Wildman–Crippen LogP) is 2.31. The van der Waals surface area contributed by atoms with Gasteiger partial charge in [-0.1, -0.05) is 0 Å². The van der Waals surface area contributed by atoms with E-state index in [9.17, 15) is 8.42 Å². The van der Waals surface area contributed by atoms with Crippen LogP contribution in [-0.4, -0.2) is 21.2 Å². The highest BCUT2D eigenvalue weighted by Crippen LogP contribution is 2.32. The van der Waals surface area contributed by atoms with Gasteiger partial charge >= 0.3 is 0 Å². The van der Waals surface area contributed by atoms with Crippen molar-refractivity contribution in [1.29, 1.82) is 0 Å². The van der Waals surface area contributed by atoms with Gasteiger partial charge in [0.25, 0.3) is 0 Å². The van der Waals surface area contributed by atoms with E-state index in [2.05, 4.69) is 28.7 Å². The fraction of sp³-hybridized carbons (Fsp3) is 0.455. The summed E-state index contributed by atoms with van der Waals surface area (Å²) in [4.78, 5) is 0. The zero-order valence-corrected chi connectivity index (χ0v) is 12.3. The fourth-order valence-electron chi connectivity index (χ4n) is 2.02. The predicted molar refractivity (Wildman–Crippen MR) is 74.4 cm³/mol. The molecule has 3 nitrogen and oxygen atoms in total. The van der Waals surface area contributed by atoms with E-state index >= 15 is 0 Å². The number of anilines is 1. The van der Waals surface area contributed by atoms with Crippen molar-refractivity contribution in [3.8, 4) is 0 Å². The second-order valence-electron chi connectivity index (χ2n) is 4.17. The summed E-state index contributed by atoms with van der Waals surface area (Å²) >= 11 is 2.29. The highest BCUT2D eigenvalue weighted by atomic mass is 127. The summed E-state index contributed by atoms with van der Waals surface area (Å²) in [6, 6.07) is 4.08. The molecule has 5 heteroatoms. The van der Waals surface area contributed by atoms with E-state index in [1.165, 1.54) is 14.1 Å². The molecule has 1 aromatic rings. The summed E-state index contributed by atoms with van der Waals surface area (Å²) < 4.78 is 26.1. The molecule has 0 saturated heterocycles. The van der Waals surface area contributed by atoms with Gasteiger partial charge in [0.15, 0.2) is 0 Å². The van der Waals surface area contributed by atoms with Gasteiger partial charge in [0.1, 0.15) is 0 Å². The Morgan fingerprint density at radius 1 is 1.38 bits per heavy atom. The molecular formula is C11H14INO2S. The molecule has 0 atom stereocenters. The maximum absolute atomic E-state index is 11.7. The third-order valence-corrected chi connectivity index (χ3v) is 5.18. The van der Waals surface area contributed by atoms with Crippen molar-refractivity contribution in [2.75, 3.05) is 17.1 Å². The number of halogens is 1. The third kappa shape index (κ3) is 2.20. The van der Waals surface area contributed by atoms with Crippen LogP contribution in [-0.2, 0) is 16.4 Å². The number of hydrogen-bond acceptors (Lipinski definition) is 2. The first-order chi connectivity index (χ1) is 7.39. The molecule has 0 fully saturated rings. The van der Waals surface area contributed by atoms with Gasteiger partial charge in [-0.25, -0.2) is 8.42 Å². The zero-order valence-electron chi connectivity index (χ0n) is 9.33. The summed E-state index contributed by atoms with van der Waals surface area (Å²) in [7, 11) is -3.14. The van der Waals surface area contributed by atoms with Gasteiger partial charge in [0.05, 0.1) is 11.9 Å². The SMILES string of the molecule is Cc1cc2c(cc1I)CCCN2S(C)(=O)=O. The standard InChI is InChI=1S/C11H14INO2S/c1-8-6-11-9(7-10(8)12)4-3-5-13(11)16(2,14)15/h6-7H,3-5H2,1-2H3. The van der Waals surface area contributed by atoms with E-state index in [0.29, 0.717) is 6.54 Å². The maximum Gasteiger partial charge on any atom is 0.232 e. The van der Waals surface area contributed by atoms with Gasteiger partial charge < -0.3 is 0 Å². The normalized spacial score (nSPS) is 16.1. The van der Waals surface area contributed by atoms with E-state index in [-0.39, 0.29) is 0 Å². The molecule has 1 aromatic carbocycles. The van der Waals surface area contributed by atoms with Crippen LogP contribution in [0.2, 0.25) is 0 Å². The Bertz CT molecular complexity index is 525. The van der Waals surface area contributed by atoms with Crippen LogP contribution in [0.25, 0.3) is 0 Å². The van der Waals surface area contributed by atoms with Crippen molar-refractivity contribution >= 4 is 38.3 Å². The van der Waals surface area contributed by atoms with Crippen LogP contribution < -0.4 is 4.31 Å². The molecule has 0 aliphatic carbocycles. The molecule has 0 aromatic heterocycles. The second kappa shape index (κ2) is 4.18. The van der Waals surface area contributed by atoms with Gasteiger partial charge in [0.2, 0.25) is 10.0 Å². The smallest absolute Gasteiger partial charge is 0.232 e. The molecule has 0 N–H and O–H groups in total. The molecule has 1 heterocycles. The Morgan fingerprint density at radius 2 is 2.06 bits per heavy atom. The number of fused-ring (bicyclic) bond motifs is 1. The summed E-state index contributed by atoms with van der Waals surface area (Å²) in [6.45, 7) is 2.61. The van der Waals surface area contributed by atoms with Gasteiger partial charge in [-0.05, 0) is 65.6 Å². The zero-order chi connectivity index (χ0) is 11.9. The number of hydrogen-bond donors (Lipinski definition) is 0. The molecule has 1 aliphatic heterocycles. The van der Waals surface area contributed by atoms with E-state index in [4.69, 9.17) is 0 Å². The lowest BCUT2D eigenvalue weighted by Crippen LogP contribution is -2.34. The molecule has 0 amide bonds. The van der Waals surface area contributed by atoms with Gasteiger partial charge in [-0.15, -0.1) is 0 Å². The van der Waals surface area contributed by atoms with Crippen molar-refractivity contribution in [3.05, 3.63) is 26.8 Å². The molecule has 0 bridgehead atoms. The maximum atomic E-state index is 11.7. The van der Waals surface area contributed by atoms with Crippen molar-refractivity contribution in [3.63, 3.8) is 0 Å². The average Bonchev–Trinajstić information content (AvgIpc) is 2.17. The van der Waals surface area contributed by atoms with Crippen LogP contribution in [0.4, 0.5) is 5.69 Å². The van der Waals surface area contributed by atoms with Crippen molar-refractivity contribution in [2.45, 2.75) is 19.8 Å². The minimum Gasteiger partial charge on any atom is -0.270 e. The van der Waals surface area contributed by atoms with Crippen molar-refractivity contribution in [1.82, 2.24) is 0 Å². The van der Waals surface area contributed by atoms with E-state index in [0.717, 1.165) is 29.7 Å². The van der Waals surface area contributed by atoms with Crippen LogP contribution >= 0.6 is 22.6 Å². The van der Waals surface area contributed by atoms with E-state index in [1.807, 2.05) is 13.0 Å². The molecule has 1 aliphatic rings. The lowest BCUT2D eigenvalue weighted by atomic mass is 10.0. The van der Waals surface area contributed by atoms with Crippen LogP contribution in [0.15, 0.2) is 12.1 Å². The monoisotopic (exact) mass is 351 g/mol. The lowest BCUT2D eigenvalue weighted by Gasteiger charge is -2.29. The minimum absolute atomic E-state index is 0.603. The van der Waals surface area contributed by atoms with Crippen LogP contribution in [0.1, 0.15) is 17.5 Å². The average molecular weight is 351 g/mol. The second-order valence-corrected chi connectivity index (χ2v) is 7.24. The summed E-state index contributed by atoms with van der Waals surface area (Å²) in [5.41, 5.74) is 3.15. The molecule has 2 rings (SSSR count). The first kappa shape index (κ1) is 12.2. The van der Waals surface area contributed by atoms with E-state index in [1.54, 1.807) is 0 Å².